The minimum Gasteiger partial charge on any atom is -0.369 e. The molecule has 1 aromatic carbocycles. The molecule has 0 radical (unpaired) electrons. The predicted octanol–water partition coefficient (Wildman–Crippen LogP) is 4.21. The Morgan fingerprint density at radius 2 is 1.68 bits per heavy atom. The molecule has 0 bridgehead atoms. The minimum atomic E-state index is -4.16. The average molecular weight is 475 g/mol. The zero-order valence-corrected chi connectivity index (χ0v) is 19.9. The summed E-state index contributed by atoms with van der Waals surface area (Å²) in [6.07, 6.45) is 10.5. The first-order chi connectivity index (χ1) is 14.8. The van der Waals surface area contributed by atoms with Crippen LogP contribution >= 0.6 is 11.6 Å². The number of amides is 2. The van der Waals surface area contributed by atoms with Crippen molar-refractivity contribution in [2.24, 2.45) is 5.14 Å². The zero-order chi connectivity index (χ0) is 22.7. The van der Waals surface area contributed by atoms with Crippen molar-refractivity contribution in [1.82, 2.24) is 9.80 Å². The van der Waals surface area contributed by atoms with Crippen LogP contribution in [0.1, 0.15) is 58.3 Å². The zero-order valence-electron chi connectivity index (χ0n) is 18.3. The van der Waals surface area contributed by atoms with Crippen molar-refractivity contribution in [2.75, 3.05) is 38.0 Å². The summed E-state index contributed by atoms with van der Waals surface area (Å²) in [5, 5.41) is 7.67. The van der Waals surface area contributed by atoms with E-state index < -0.39 is 10.3 Å². The molecule has 1 saturated heterocycles. The van der Waals surface area contributed by atoms with Crippen molar-refractivity contribution in [2.45, 2.75) is 58.3 Å². The van der Waals surface area contributed by atoms with Gasteiger partial charge in [-0.2, -0.15) is 13.6 Å². The van der Waals surface area contributed by atoms with Crippen molar-refractivity contribution in [1.29, 1.82) is 0 Å². The van der Waals surface area contributed by atoms with E-state index in [4.69, 9.17) is 16.7 Å². The molecule has 1 aliphatic heterocycles. The first-order valence-corrected chi connectivity index (χ1v) is 12.9. The number of unbranched alkanes of at least 4 members (excludes halogenated alkanes) is 7. The highest BCUT2D eigenvalue weighted by molar-refractivity contribution is 7.84. The first kappa shape index (κ1) is 25.7. The van der Waals surface area contributed by atoms with Gasteiger partial charge >= 0.3 is 16.3 Å². The summed E-state index contributed by atoms with van der Waals surface area (Å²) in [6, 6.07) is 4.09. The number of nitrogens with zero attached hydrogens (tertiary/aromatic N) is 2. The van der Waals surface area contributed by atoms with E-state index in [2.05, 4.69) is 21.3 Å². The summed E-state index contributed by atoms with van der Waals surface area (Å²) in [5.41, 5.74) is 0.457. The highest BCUT2D eigenvalue weighted by Crippen LogP contribution is 2.28. The van der Waals surface area contributed by atoms with Gasteiger partial charge in [0.05, 0.1) is 5.02 Å². The molecular weight excluding hydrogens is 440 g/mol. The molecule has 10 heteroatoms. The van der Waals surface area contributed by atoms with Gasteiger partial charge in [0.25, 0.3) is 0 Å². The van der Waals surface area contributed by atoms with Crippen LogP contribution in [-0.2, 0) is 10.3 Å². The number of carbonyl (C=O) groups is 1. The van der Waals surface area contributed by atoms with Crippen LogP contribution in [0.4, 0.5) is 10.5 Å². The standard InChI is InChI=1S/C21H35ClN4O4S/c1-2-3-4-5-6-7-8-9-12-25-13-15-26(16-14-25)21(27)24-18-10-11-20(19(22)17-18)30-31(23,28)29/h10-11,17H,2-9,12-16H2,1H3,(H,24,27)(H2,23,28,29). The Labute approximate surface area is 191 Å². The molecule has 3 N–H and O–H groups in total. The Morgan fingerprint density at radius 1 is 1.06 bits per heavy atom. The van der Waals surface area contributed by atoms with Crippen LogP contribution in [0.15, 0.2) is 18.2 Å². The monoisotopic (exact) mass is 474 g/mol. The van der Waals surface area contributed by atoms with E-state index in [1.165, 1.54) is 69.6 Å². The van der Waals surface area contributed by atoms with E-state index in [1.54, 1.807) is 4.90 Å². The summed E-state index contributed by atoms with van der Waals surface area (Å²) in [4.78, 5) is 16.7. The normalized spacial score (nSPS) is 15.1. The first-order valence-electron chi connectivity index (χ1n) is 11.1. The third-order valence-corrected chi connectivity index (χ3v) is 6.08. The second-order valence-electron chi connectivity index (χ2n) is 7.96. The molecule has 8 nitrogen and oxygen atoms in total. The van der Waals surface area contributed by atoms with Crippen LogP contribution in [0.25, 0.3) is 0 Å². The molecule has 1 fully saturated rings. The second-order valence-corrected chi connectivity index (χ2v) is 9.51. The number of piperazine rings is 1. The fraction of sp³-hybridized carbons (Fsp3) is 0.667. The third-order valence-electron chi connectivity index (χ3n) is 5.38. The molecule has 1 heterocycles. The van der Waals surface area contributed by atoms with Gasteiger partial charge in [0.1, 0.15) is 0 Å². The van der Waals surface area contributed by atoms with E-state index in [-0.39, 0.29) is 16.8 Å². The van der Waals surface area contributed by atoms with Gasteiger partial charge in [-0.25, -0.2) is 4.79 Å². The lowest BCUT2D eigenvalue weighted by Gasteiger charge is -2.34. The Balaban J connectivity index is 1.66. The van der Waals surface area contributed by atoms with Gasteiger partial charge in [0, 0.05) is 31.9 Å². The molecule has 1 aromatic rings. The molecule has 31 heavy (non-hydrogen) atoms. The molecule has 0 unspecified atom stereocenters. The minimum absolute atomic E-state index is 0.0435. The van der Waals surface area contributed by atoms with Crippen LogP contribution in [-0.4, -0.2) is 57.0 Å². The maximum Gasteiger partial charge on any atom is 0.380 e. The van der Waals surface area contributed by atoms with Gasteiger partial charge in [-0.1, -0.05) is 63.5 Å². The SMILES string of the molecule is CCCCCCCCCCN1CCN(C(=O)Nc2ccc(OS(N)(=O)=O)c(Cl)c2)CC1. The lowest BCUT2D eigenvalue weighted by molar-refractivity contribution is 0.145. The van der Waals surface area contributed by atoms with Crippen LogP contribution in [0.3, 0.4) is 0 Å². The van der Waals surface area contributed by atoms with Gasteiger partial charge in [-0.15, -0.1) is 0 Å². The number of nitrogens with two attached hydrogens (primary N) is 1. The fourth-order valence-corrected chi connectivity index (χ4v) is 4.28. The molecule has 176 valence electrons. The van der Waals surface area contributed by atoms with Crippen LogP contribution in [0, 0.1) is 0 Å². The van der Waals surface area contributed by atoms with Crippen molar-refractivity contribution in [3.8, 4) is 5.75 Å². The largest absolute Gasteiger partial charge is 0.380 e. The van der Waals surface area contributed by atoms with E-state index in [9.17, 15) is 13.2 Å². The smallest absolute Gasteiger partial charge is 0.369 e. The number of anilines is 1. The second kappa shape index (κ2) is 13.1. The Bertz CT molecular complexity index is 799. The molecule has 0 spiro atoms. The van der Waals surface area contributed by atoms with Crippen LogP contribution < -0.4 is 14.6 Å². The molecule has 0 saturated carbocycles. The van der Waals surface area contributed by atoms with Crippen molar-refractivity contribution in [3.05, 3.63) is 23.2 Å². The maximum absolute atomic E-state index is 12.5. The quantitative estimate of drug-likeness (QED) is 0.441. The number of hydrogen-bond acceptors (Lipinski definition) is 5. The van der Waals surface area contributed by atoms with E-state index in [0.29, 0.717) is 18.8 Å². The highest BCUT2D eigenvalue weighted by Gasteiger charge is 2.21. The molecule has 2 amide bonds. The number of nitrogens with one attached hydrogen (secondary N) is 1. The molecule has 0 atom stereocenters. The average Bonchev–Trinajstić information content (AvgIpc) is 2.71. The summed E-state index contributed by atoms with van der Waals surface area (Å²) >= 11 is 6.01. The Kier molecular flexibility index (Phi) is 10.9. The summed E-state index contributed by atoms with van der Waals surface area (Å²) in [6.45, 7) is 6.40. The Morgan fingerprint density at radius 3 is 2.26 bits per heavy atom. The Hall–Kier alpha value is -1.55. The number of halogens is 1. The van der Waals surface area contributed by atoms with E-state index in [1.807, 2.05) is 0 Å². The van der Waals surface area contributed by atoms with Gasteiger partial charge < -0.3 is 14.4 Å². The third kappa shape index (κ3) is 10.1. The summed E-state index contributed by atoms with van der Waals surface area (Å²) in [5.74, 6) is -0.0864. The molecular formula is C21H35ClN4O4S. The number of rotatable bonds is 12. The van der Waals surface area contributed by atoms with Crippen LogP contribution in [0.2, 0.25) is 5.02 Å². The topological polar surface area (TPSA) is 105 Å². The van der Waals surface area contributed by atoms with Crippen molar-refractivity contribution >= 4 is 33.6 Å². The number of benzene rings is 1. The summed E-state index contributed by atoms with van der Waals surface area (Å²) < 4.78 is 26.6. The maximum atomic E-state index is 12.5. The van der Waals surface area contributed by atoms with Crippen LogP contribution in [0.5, 0.6) is 5.75 Å². The van der Waals surface area contributed by atoms with Gasteiger partial charge in [0.15, 0.2) is 5.75 Å². The van der Waals surface area contributed by atoms with E-state index >= 15 is 0 Å². The van der Waals surface area contributed by atoms with E-state index in [0.717, 1.165) is 19.6 Å². The van der Waals surface area contributed by atoms with Gasteiger partial charge in [-0.3, -0.25) is 4.90 Å². The molecule has 1 aliphatic rings. The van der Waals surface area contributed by atoms with Gasteiger partial charge in [0.2, 0.25) is 0 Å². The molecule has 2 rings (SSSR count). The van der Waals surface area contributed by atoms with Gasteiger partial charge in [-0.05, 0) is 31.2 Å². The summed E-state index contributed by atoms with van der Waals surface area (Å²) in [7, 11) is -4.16. The highest BCUT2D eigenvalue weighted by atomic mass is 35.5. The van der Waals surface area contributed by atoms with Crippen molar-refractivity contribution < 1.29 is 17.4 Å². The lowest BCUT2D eigenvalue weighted by atomic mass is 10.1. The molecule has 0 aromatic heterocycles. The number of hydrogen-bond donors (Lipinski definition) is 2. The lowest BCUT2D eigenvalue weighted by Crippen LogP contribution is -2.50. The predicted molar refractivity (Wildman–Crippen MR) is 125 cm³/mol. The fourth-order valence-electron chi connectivity index (χ4n) is 3.62. The van der Waals surface area contributed by atoms with Crippen molar-refractivity contribution in [3.63, 3.8) is 0 Å². The number of urea groups is 1. The number of carbonyl (C=O) groups excluding carboxylic acids is 1. The molecule has 0 aliphatic carbocycles.